The van der Waals surface area contributed by atoms with Gasteiger partial charge in [-0.2, -0.15) is 0 Å². The fraction of sp³-hybridized carbons (Fsp3) is 0.409. The van der Waals surface area contributed by atoms with Crippen LogP contribution in [0.5, 0.6) is 5.75 Å². The standard InChI is InChI=1S/C22H26N2O2/c25-22(24-15-20-7-3-6-18-11-13-26-21(18)20)23-12-10-16-8-9-17-4-1-2-5-19(17)14-16/h1-7,16H,8-15H2,(H2,23,24,25). The van der Waals surface area contributed by atoms with Crippen molar-refractivity contribution in [2.24, 2.45) is 5.92 Å². The molecule has 0 aromatic heterocycles. The van der Waals surface area contributed by atoms with Gasteiger partial charge in [-0.15, -0.1) is 0 Å². The fourth-order valence-corrected chi connectivity index (χ4v) is 4.07. The van der Waals surface area contributed by atoms with Crippen molar-refractivity contribution in [3.05, 3.63) is 64.7 Å². The van der Waals surface area contributed by atoms with Crippen molar-refractivity contribution in [1.82, 2.24) is 10.6 Å². The molecule has 1 aliphatic carbocycles. The zero-order valence-electron chi connectivity index (χ0n) is 15.1. The largest absolute Gasteiger partial charge is 0.493 e. The Kier molecular flexibility index (Phi) is 5.09. The number of fused-ring (bicyclic) bond motifs is 2. The number of urea groups is 1. The molecule has 2 aliphatic rings. The molecule has 0 saturated heterocycles. The summed E-state index contributed by atoms with van der Waals surface area (Å²) >= 11 is 0. The van der Waals surface area contributed by atoms with Crippen LogP contribution in [0.4, 0.5) is 4.79 Å². The van der Waals surface area contributed by atoms with Crippen LogP contribution < -0.4 is 15.4 Å². The average molecular weight is 350 g/mol. The topological polar surface area (TPSA) is 50.4 Å². The first-order valence-electron chi connectivity index (χ1n) is 9.61. The van der Waals surface area contributed by atoms with E-state index in [1.807, 2.05) is 12.1 Å². The van der Waals surface area contributed by atoms with Crippen LogP contribution in [-0.4, -0.2) is 19.2 Å². The first-order chi connectivity index (χ1) is 12.8. The van der Waals surface area contributed by atoms with E-state index < -0.39 is 0 Å². The normalized spacial score (nSPS) is 17.8. The lowest BCUT2D eigenvalue weighted by molar-refractivity contribution is 0.239. The van der Waals surface area contributed by atoms with Crippen LogP contribution in [0.3, 0.4) is 0 Å². The lowest BCUT2D eigenvalue weighted by atomic mass is 9.82. The van der Waals surface area contributed by atoms with Crippen LogP contribution in [0.1, 0.15) is 35.1 Å². The Balaban J connectivity index is 1.20. The van der Waals surface area contributed by atoms with Crippen molar-refractivity contribution in [3.63, 3.8) is 0 Å². The van der Waals surface area contributed by atoms with E-state index in [2.05, 4.69) is 41.0 Å². The highest BCUT2D eigenvalue weighted by atomic mass is 16.5. The van der Waals surface area contributed by atoms with E-state index in [1.54, 1.807) is 0 Å². The van der Waals surface area contributed by atoms with Crippen molar-refractivity contribution in [2.75, 3.05) is 13.2 Å². The van der Waals surface area contributed by atoms with Crippen LogP contribution in [0.25, 0.3) is 0 Å². The summed E-state index contributed by atoms with van der Waals surface area (Å²) in [7, 11) is 0. The molecule has 136 valence electrons. The van der Waals surface area contributed by atoms with Crippen molar-refractivity contribution in [2.45, 2.75) is 38.6 Å². The Morgan fingerprint density at radius 2 is 1.85 bits per heavy atom. The molecule has 1 heterocycles. The molecule has 1 unspecified atom stereocenters. The van der Waals surface area contributed by atoms with E-state index in [-0.39, 0.29) is 6.03 Å². The predicted molar refractivity (Wildman–Crippen MR) is 102 cm³/mol. The Labute approximate surface area is 155 Å². The number of ether oxygens (including phenoxy) is 1. The van der Waals surface area contributed by atoms with Gasteiger partial charge in [0.2, 0.25) is 0 Å². The maximum Gasteiger partial charge on any atom is 0.315 e. The number of carbonyl (C=O) groups is 1. The first kappa shape index (κ1) is 17.0. The van der Waals surface area contributed by atoms with Crippen molar-refractivity contribution in [1.29, 1.82) is 0 Å². The number of aryl methyl sites for hydroxylation is 1. The third kappa shape index (κ3) is 3.85. The van der Waals surface area contributed by atoms with Crippen LogP contribution in [-0.2, 0) is 25.8 Å². The number of amides is 2. The van der Waals surface area contributed by atoms with Gasteiger partial charge in [0.25, 0.3) is 0 Å². The quantitative estimate of drug-likeness (QED) is 0.865. The van der Waals surface area contributed by atoms with Crippen LogP contribution in [0.15, 0.2) is 42.5 Å². The Bertz CT molecular complexity index is 787. The number of nitrogens with one attached hydrogen (secondary N) is 2. The maximum atomic E-state index is 12.1. The van der Waals surface area contributed by atoms with Gasteiger partial charge in [-0.25, -0.2) is 4.79 Å². The second-order valence-electron chi connectivity index (χ2n) is 7.28. The molecule has 4 heteroatoms. The minimum absolute atomic E-state index is 0.100. The van der Waals surface area contributed by atoms with Crippen LogP contribution in [0, 0.1) is 5.92 Å². The molecule has 1 atom stereocenters. The van der Waals surface area contributed by atoms with Gasteiger partial charge in [0, 0.05) is 25.1 Å². The highest BCUT2D eigenvalue weighted by Crippen LogP contribution is 2.29. The summed E-state index contributed by atoms with van der Waals surface area (Å²) in [6.07, 6.45) is 5.50. The molecule has 0 fully saturated rings. The Morgan fingerprint density at radius 3 is 2.77 bits per heavy atom. The summed E-state index contributed by atoms with van der Waals surface area (Å²) in [5, 5.41) is 5.95. The third-order valence-electron chi connectivity index (χ3n) is 5.52. The summed E-state index contributed by atoms with van der Waals surface area (Å²) in [6, 6.07) is 14.8. The number of hydrogen-bond acceptors (Lipinski definition) is 2. The summed E-state index contributed by atoms with van der Waals surface area (Å²) in [5.74, 6) is 1.62. The van der Waals surface area contributed by atoms with Gasteiger partial charge in [-0.3, -0.25) is 0 Å². The van der Waals surface area contributed by atoms with Gasteiger partial charge in [0.05, 0.1) is 6.61 Å². The zero-order valence-corrected chi connectivity index (χ0v) is 15.1. The monoisotopic (exact) mass is 350 g/mol. The molecule has 4 nitrogen and oxygen atoms in total. The number of benzene rings is 2. The molecule has 0 saturated carbocycles. The van der Waals surface area contributed by atoms with Gasteiger partial charge >= 0.3 is 6.03 Å². The molecular formula is C22H26N2O2. The van der Waals surface area contributed by atoms with Gasteiger partial charge in [-0.1, -0.05) is 42.5 Å². The molecule has 2 aromatic carbocycles. The highest BCUT2D eigenvalue weighted by molar-refractivity contribution is 5.73. The van der Waals surface area contributed by atoms with E-state index in [1.165, 1.54) is 23.1 Å². The molecule has 0 radical (unpaired) electrons. The summed E-state index contributed by atoms with van der Waals surface area (Å²) in [6.45, 7) is 1.97. The molecule has 2 aromatic rings. The van der Waals surface area contributed by atoms with E-state index >= 15 is 0 Å². The van der Waals surface area contributed by atoms with Gasteiger partial charge in [-0.05, 0) is 48.3 Å². The smallest absolute Gasteiger partial charge is 0.315 e. The van der Waals surface area contributed by atoms with Crippen molar-refractivity contribution >= 4 is 6.03 Å². The number of hydrogen-bond donors (Lipinski definition) is 2. The lowest BCUT2D eigenvalue weighted by Crippen LogP contribution is -2.36. The van der Waals surface area contributed by atoms with Crippen molar-refractivity contribution in [3.8, 4) is 5.75 Å². The predicted octanol–water partition coefficient (Wildman–Crippen LogP) is 3.62. The highest BCUT2D eigenvalue weighted by Gasteiger charge is 2.18. The van der Waals surface area contributed by atoms with Gasteiger partial charge < -0.3 is 15.4 Å². The van der Waals surface area contributed by atoms with Gasteiger partial charge in [0.15, 0.2) is 0 Å². The molecule has 0 bridgehead atoms. The third-order valence-corrected chi connectivity index (χ3v) is 5.52. The van der Waals surface area contributed by atoms with E-state index in [9.17, 15) is 4.79 Å². The average Bonchev–Trinajstić information content (AvgIpc) is 3.15. The first-order valence-corrected chi connectivity index (χ1v) is 9.61. The SMILES string of the molecule is O=C(NCCC1CCc2ccccc2C1)NCc1cccc2c1OCC2. The zero-order chi connectivity index (χ0) is 17.8. The van der Waals surface area contributed by atoms with Gasteiger partial charge in [0.1, 0.15) is 5.75 Å². The fourth-order valence-electron chi connectivity index (χ4n) is 4.07. The summed E-state index contributed by atoms with van der Waals surface area (Å²) in [4.78, 5) is 12.1. The molecule has 0 spiro atoms. The van der Waals surface area contributed by atoms with Crippen molar-refractivity contribution < 1.29 is 9.53 Å². The Morgan fingerprint density at radius 1 is 1.00 bits per heavy atom. The molecule has 4 rings (SSSR count). The minimum atomic E-state index is -0.100. The summed E-state index contributed by atoms with van der Waals surface area (Å²) in [5.41, 5.74) is 5.26. The van der Waals surface area contributed by atoms with E-state index in [0.29, 0.717) is 12.5 Å². The molecule has 1 aliphatic heterocycles. The minimum Gasteiger partial charge on any atom is -0.493 e. The number of para-hydroxylation sites is 1. The Hall–Kier alpha value is -2.49. The molecule has 26 heavy (non-hydrogen) atoms. The second kappa shape index (κ2) is 7.81. The lowest BCUT2D eigenvalue weighted by Gasteiger charge is -2.24. The number of rotatable bonds is 5. The second-order valence-corrected chi connectivity index (χ2v) is 7.28. The number of carbonyl (C=O) groups excluding carboxylic acids is 1. The molecule has 2 amide bonds. The van der Waals surface area contributed by atoms with E-state index in [4.69, 9.17) is 4.74 Å². The molecular weight excluding hydrogens is 324 g/mol. The maximum absolute atomic E-state index is 12.1. The van der Waals surface area contributed by atoms with Crippen LogP contribution in [0.2, 0.25) is 0 Å². The van der Waals surface area contributed by atoms with Crippen LogP contribution >= 0.6 is 0 Å². The molecule has 2 N–H and O–H groups in total. The summed E-state index contributed by atoms with van der Waals surface area (Å²) < 4.78 is 5.68. The van der Waals surface area contributed by atoms with E-state index in [0.717, 1.165) is 50.1 Å².